The van der Waals surface area contributed by atoms with Gasteiger partial charge >= 0.3 is 0 Å². The van der Waals surface area contributed by atoms with Gasteiger partial charge in [-0.1, -0.05) is 11.6 Å². The largest absolute Gasteiger partial charge is 0.496 e. The SMILES string of the molecule is COc1c(C)cc(Cl)cc1C(F)(F)CCC#N. The molecule has 0 heterocycles. The molecule has 0 fully saturated rings. The molecule has 0 N–H and O–H groups in total. The topological polar surface area (TPSA) is 33.0 Å². The van der Waals surface area contributed by atoms with Gasteiger partial charge in [0, 0.05) is 17.9 Å². The van der Waals surface area contributed by atoms with Crippen LogP contribution >= 0.6 is 11.6 Å². The summed E-state index contributed by atoms with van der Waals surface area (Å²) in [5.41, 5.74) is 0.284. The van der Waals surface area contributed by atoms with Crippen molar-refractivity contribution in [3.05, 3.63) is 28.3 Å². The number of alkyl halides is 2. The minimum absolute atomic E-state index is 0.123. The van der Waals surface area contributed by atoms with Crippen LogP contribution in [0.5, 0.6) is 5.75 Å². The maximum atomic E-state index is 13.9. The van der Waals surface area contributed by atoms with Crippen molar-refractivity contribution in [2.24, 2.45) is 0 Å². The highest BCUT2D eigenvalue weighted by Crippen LogP contribution is 2.41. The van der Waals surface area contributed by atoms with E-state index in [0.29, 0.717) is 5.56 Å². The van der Waals surface area contributed by atoms with Crippen LogP contribution in [0.2, 0.25) is 5.02 Å². The van der Waals surface area contributed by atoms with Gasteiger partial charge in [-0.05, 0) is 24.6 Å². The molecule has 0 atom stereocenters. The number of rotatable bonds is 4. The maximum absolute atomic E-state index is 13.9. The lowest BCUT2D eigenvalue weighted by Gasteiger charge is -2.20. The first-order chi connectivity index (χ1) is 7.92. The molecule has 0 aliphatic heterocycles. The van der Waals surface area contributed by atoms with Crippen molar-refractivity contribution in [2.75, 3.05) is 7.11 Å². The number of hydrogen-bond acceptors (Lipinski definition) is 2. The molecule has 0 aromatic heterocycles. The summed E-state index contributed by atoms with van der Waals surface area (Å²) < 4.78 is 32.7. The lowest BCUT2D eigenvalue weighted by Crippen LogP contribution is -2.15. The summed E-state index contributed by atoms with van der Waals surface area (Å²) in [4.78, 5) is 0. The van der Waals surface area contributed by atoms with E-state index in [4.69, 9.17) is 21.6 Å². The predicted molar refractivity (Wildman–Crippen MR) is 61.5 cm³/mol. The molecule has 0 saturated carbocycles. The highest BCUT2D eigenvalue weighted by Gasteiger charge is 2.35. The summed E-state index contributed by atoms with van der Waals surface area (Å²) >= 11 is 5.77. The Labute approximate surface area is 104 Å². The van der Waals surface area contributed by atoms with Gasteiger partial charge in [0.2, 0.25) is 0 Å². The van der Waals surface area contributed by atoms with Crippen molar-refractivity contribution in [2.45, 2.75) is 25.7 Å². The van der Waals surface area contributed by atoms with Gasteiger partial charge in [0.15, 0.2) is 0 Å². The van der Waals surface area contributed by atoms with Crippen LogP contribution in [0.1, 0.15) is 24.0 Å². The van der Waals surface area contributed by atoms with E-state index in [2.05, 4.69) is 0 Å². The van der Waals surface area contributed by atoms with E-state index in [1.54, 1.807) is 19.1 Å². The predicted octanol–water partition coefficient (Wildman–Crippen LogP) is 4.05. The fourth-order valence-electron chi connectivity index (χ4n) is 1.62. The molecule has 1 aromatic carbocycles. The Morgan fingerprint density at radius 3 is 2.65 bits per heavy atom. The second-order valence-corrected chi connectivity index (χ2v) is 4.10. The van der Waals surface area contributed by atoms with Crippen molar-refractivity contribution >= 4 is 11.6 Å². The number of nitrogens with zero attached hydrogens (tertiary/aromatic N) is 1. The van der Waals surface area contributed by atoms with Gasteiger partial charge in [-0.25, -0.2) is 8.78 Å². The van der Waals surface area contributed by atoms with Crippen molar-refractivity contribution in [1.82, 2.24) is 0 Å². The van der Waals surface area contributed by atoms with Crippen molar-refractivity contribution < 1.29 is 13.5 Å². The van der Waals surface area contributed by atoms with Crippen LogP contribution in [0.15, 0.2) is 12.1 Å². The second kappa shape index (κ2) is 5.33. The average molecular weight is 260 g/mol. The fourth-order valence-corrected chi connectivity index (χ4v) is 1.89. The van der Waals surface area contributed by atoms with E-state index in [-0.39, 0.29) is 22.8 Å². The molecule has 0 aliphatic carbocycles. The minimum Gasteiger partial charge on any atom is -0.496 e. The van der Waals surface area contributed by atoms with Gasteiger partial charge in [-0.2, -0.15) is 5.26 Å². The summed E-state index contributed by atoms with van der Waals surface area (Å²) in [7, 11) is 1.33. The Hall–Kier alpha value is -1.34. The molecule has 0 saturated heterocycles. The molecule has 0 unspecified atom stereocenters. The molecule has 0 amide bonds. The molecular formula is C12H12ClF2NO. The zero-order valence-corrected chi connectivity index (χ0v) is 10.3. The van der Waals surface area contributed by atoms with Crippen LogP contribution in [0.4, 0.5) is 8.78 Å². The Bertz CT molecular complexity index is 455. The van der Waals surface area contributed by atoms with Gasteiger partial charge in [-0.15, -0.1) is 0 Å². The summed E-state index contributed by atoms with van der Waals surface area (Å²) in [5, 5.41) is 8.60. The molecule has 0 aliphatic rings. The number of halogens is 3. The smallest absolute Gasteiger partial charge is 0.277 e. The van der Waals surface area contributed by atoms with Crippen LogP contribution in [-0.2, 0) is 5.92 Å². The summed E-state index contributed by atoms with van der Waals surface area (Å²) in [6.45, 7) is 1.65. The number of ether oxygens (including phenoxy) is 1. The number of nitriles is 1. The molecule has 0 radical (unpaired) electrons. The van der Waals surface area contributed by atoms with Crippen molar-refractivity contribution in [1.29, 1.82) is 5.26 Å². The van der Waals surface area contributed by atoms with Crippen molar-refractivity contribution in [3.8, 4) is 11.8 Å². The lowest BCUT2D eigenvalue weighted by molar-refractivity contribution is -0.0141. The third kappa shape index (κ3) is 3.07. The first-order valence-electron chi connectivity index (χ1n) is 5.01. The monoisotopic (exact) mass is 259 g/mol. The van der Waals surface area contributed by atoms with E-state index in [0.717, 1.165) is 0 Å². The van der Waals surface area contributed by atoms with E-state index in [9.17, 15) is 8.78 Å². The molecule has 17 heavy (non-hydrogen) atoms. The summed E-state index contributed by atoms with van der Waals surface area (Å²) in [6, 6.07) is 4.45. The van der Waals surface area contributed by atoms with Crippen LogP contribution < -0.4 is 4.74 Å². The first-order valence-corrected chi connectivity index (χ1v) is 5.39. The van der Waals surface area contributed by atoms with Crippen LogP contribution in [0.3, 0.4) is 0 Å². The highest BCUT2D eigenvalue weighted by molar-refractivity contribution is 6.30. The van der Waals surface area contributed by atoms with Gasteiger partial charge in [0.1, 0.15) is 5.75 Å². The van der Waals surface area contributed by atoms with Gasteiger partial charge in [0.25, 0.3) is 5.92 Å². The highest BCUT2D eigenvalue weighted by atomic mass is 35.5. The van der Waals surface area contributed by atoms with E-state index < -0.39 is 12.3 Å². The standard InChI is InChI=1S/C12H12ClF2NO/c1-8-6-9(13)7-10(11(8)17-2)12(14,15)4-3-5-16/h6-7H,3-4H2,1-2H3. The zero-order chi connectivity index (χ0) is 13.1. The molecule has 5 heteroatoms. The summed E-state index contributed by atoms with van der Waals surface area (Å²) in [5.74, 6) is -2.99. The van der Waals surface area contributed by atoms with E-state index in [1.807, 2.05) is 0 Å². The van der Waals surface area contributed by atoms with Crippen LogP contribution in [0, 0.1) is 18.3 Å². The minimum atomic E-state index is -3.11. The number of hydrogen-bond donors (Lipinski definition) is 0. The number of aryl methyl sites for hydroxylation is 1. The van der Waals surface area contributed by atoms with Gasteiger partial charge < -0.3 is 4.74 Å². The molecule has 92 valence electrons. The third-order valence-electron chi connectivity index (χ3n) is 2.39. The maximum Gasteiger partial charge on any atom is 0.277 e. The van der Waals surface area contributed by atoms with Crippen LogP contribution in [-0.4, -0.2) is 7.11 Å². The molecule has 0 spiro atoms. The zero-order valence-electron chi connectivity index (χ0n) is 9.56. The molecule has 2 nitrogen and oxygen atoms in total. The normalized spacial score (nSPS) is 11.1. The van der Waals surface area contributed by atoms with E-state index in [1.165, 1.54) is 13.2 Å². The molecular weight excluding hydrogens is 248 g/mol. The molecule has 1 aromatic rings. The van der Waals surface area contributed by atoms with Gasteiger partial charge in [-0.3, -0.25) is 0 Å². The quantitative estimate of drug-likeness (QED) is 0.817. The summed E-state index contributed by atoms with van der Waals surface area (Å²) in [6.07, 6.45) is -0.763. The lowest BCUT2D eigenvalue weighted by atomic mass is 10.0. The van der Waals surface area contributed by atoms with E-state index >= 15 is 0 Å². The third-order valence-corrected chi connectivity index (χ3v) is 2.61. The Kier molecular flexibility index (Phi) is 4.30. The Balaban J connectivity index is 3.24. The van der Waals surface area contributed by atoms with Crippen LogP contribution in [0.25, 0.3) is 0 Å². The molecule has 0 bridgehead atoms. The second-order valence-electron chi connectivity index (χ2n) is 3.67. The first kappa shape index (κ1) is 13.7. The number of benzene rings is 1. The Morgan fingerprint density at radius 1 is 1.47 bits per heavy atom. The van der Waals surface area contributed by atoms with Crippen molar-refractivity contribution in [3.63, 3.8) is 0 Å². The fraction of sp³-hybridized carbons (Fsp3) is 0.417. The number of methoxy groups -OCH3 is 1. The Morgan fingerprint density at radius 2 is 2.12 bits per heavy atom. The van der Waals surface area contributed by atoms with Gasteiger partial charge in [0.05, 0.1) is 18.7 Å². The average Bonchev–Trinajstić information content (AvgIpc) is 2.25. The molecule has 1 rings (SSSR count).